The predicted molar refractivity (Wildman–Crippen MR) is 113 cm³/mol. The molecule has 0 unspecified atom stereocenters. The lowest BCUT2D eigenvalue weighted by Gasteiger charge is -2.18. The molecule has 2 aromatic carbocycles. The molecule has 0 aliphatic carbocycles. The zero-order chi connectivity index (χ0) is 21.0. The summed E-state index contributed by atoms with van der Waals surface area (Å²) in [7, 11) is -1.97. The minimum Gasteiger partial charge on any atom is -0.461 e. The van der Waals surface area contributed by atoms with Gasteiger partial charge in [0, 0.05) is 31.0 Å². The Morgan fingerprint density at radius 3 is 2.45 bits per heavy atom. The minimum absolute atomic E-state index is 0.0347. The molecule has 0 aliphatic heterocycles. The first-order valence-corrected chi connectivity index (χ1v) is 11.2. The van der Waals surface area contributed by atoms with Gasteiger partial charge in [0.1, 0.15) is 11.3 Å². The fourth-order valence-corrected chi connectivity index (χ4v) is 3.81. The van der Waals surface area contributed by atoms with Crippen molar-refractivity contribution < 1.29 is 17.6 Å². The van der Waals surface area contributed by atoms with Gasteiger partial charge in [0.2, 0.25) is 15.9 Å². The number of hydrogen-bond acceptors (Lipinski definition) is 4. The summed E-state index contributed by atoms with van der Waals surface area (Å²) in [4.78, 5) is 14.4. The quantitative estimate of drug-likeness (QED) is 0.609. The Hall–Kier alpha value is -2.64. The number of rotatable bonds is 8. The van der Waals surface area contributed by atoms with Crippen molar-refractivity contribution in [2.75, 3.05) is 7.05 Å². The van der Waals surface area contributed by atoms with Crippen LogP contribution in [0.15, 0.2) is 57.8 Å². The Labute approximate surface area is 171 Å². The summed E-state index contributed by atoms with van der Waals surface area (Å²) >= 11 is 0. The number of carbonyl (C=O) groups excluding carboxylic acids is 1. The van der Waals surface area contributed by atoms with Crippen LogP contribution in [0.5, 0.6) is 0 Å². The lowest BCUT2D eigenvalue weighted by molar-refractivity contribution is -0.129. The molecule has 0 saturated heterocycles. The van der Waals surface area contributed by atoms with E-state index < -0.39 is 10.0 Å². The zero-order valence-electron chi connectivity index (χ0n) is 16.7. The fraction of sp³-hybridized carbons (Fsp3) is 0.318. The molecule has 0 radical (unpaired) electrons. The van der Waals surface area contributed by atoms with Crippen molar-refractivity contribution in [1.82, 2.24) is 4.90 Å². The van der Waals surface area contributed by atoms with Gasteiger partial charge in [-0.25, -0.2) is 13.6 Å². The highest BCUT2D eigenvalue weighted by molar-refractivity contribution is 7.89. The largest absolute Gasteiger partial charge is 0.461 e. The minimum atomic E-state index is -3.74. The van der Waals surface area contributed by atoms with Gasteiger partial charge in [0.15, 0.2) is 0 Å². The molecule has 0 aliphatic rings. The van der Waals surface area contributed by atoms with Crippen molar-refractivity contribution in [3.63, 3.8) is 0 Å². The maximum absolute atomic E-state index is 12.7. The van der Waals surface area contributed by atoms with Crippen molar-refractivity contribution in [3.05, 3.63) is 65.4 Å². The van der Waals surface area contributed by atoms with Crippen molar-refractivity contribution >= 4 is 26.9 Å². The van der Waals surface area contributed by atoms with Gasteiger partial charge in [-0.15, -0.1) is 0 Å². The number of unbranched alkanes of at least 4 members (excludes halogenated alkanes) is 1. The van der Waals surface area contributed by atoms with Crippen molar-refractivity contribution in [2.45, 2.75) is 44.0 Å². The SMILES string of the molecule is CCCCc1oc2ccccc2c1CN(C)C(=O)Cc1ccc(S(N)(=O)=O)cc1. The summed E-state index contributed by atoms with van der Waals surface area (Å²) in [5.74, 6) is 0.880. The zero-order valence-corrected chi connectivity index (χ0v) is 17.5. The first-order chi connectivity index (χ1) is 13.8. The highest BCUT2D eigenvalue weighted by Crippen LogP contribution is 2.28. The summed E-state index contributed by atoms with van der Waals surface area (Å²) in [6.45, 7) is 2.60. The monoisotopic (exact) mass is 414 g/mol. The normalized spacial score (nSPS) is 11.7. The second-order valence-electron chi connectivity index (χ2n) is 7.22. The summed E-state index contributed by atoms with van der Waals surface area (Å²) in [5.41, 5.74) is 2.63. The summed E-state index contributed by atoms with van der Waals surface area (Å²) < 4.78 is 28.8. The van der Waals surface area contributed by atoms with Gasteiger partial charge in [0.25, 0.3) is 0 Å². The first kappa shape index (κ1) is 21.1. The third kappa shape index (κ3) is 5.05. The third-order valence-corrected chi connectivity index (χ3v) is 5.90. The molecule has 2 N–H and O–H groups in total. The maximum atomic E-state index is 12.7. The van der Waals surface area contributed by atoms with E-state index in [1.54, 1.807) is 24.1 Å². The van der Waals surface area contributed by atoms with E-state index >= 15 is 0 Å². The first-order valence-electron chi connectivity index (χ1n) is 9.64. The van der Waals surface area contributed by atoms with E-state index in [-0.39, 0.29) is 17.2 Å². The van der Waals surface area contributed by atoms with Crippen LogP contribution >= 0.6 is 0 Å². The average molecular weight is 415 g/mol. The average Bonchev–Trinajstić information content (AvgIpc) is 3.03. The van der Waals surface area contributed by atoms with Crippen LogP contribution < -0.4 is 5.14 Å². The molecule has 0 atom stereocenters. The lowest BCUT2D eigenvalue weighted by atomic mass is 10.1. The number of nitrogens with two attached hydrogens (primary N) is 1. The molecular weight excluding hydrogens is 388 g/mol. The Kier molecular flexibility index (Phi) is 6.39. The van der Waals surface area contributed by atoms with Crippen LogP contribution in [0.4, 0.5) is 0 Å². The van der Waals surface area contributed by atoms with E-state index in [4.69, 9.17) is 9.56 Å². The van der Waals surface area contributed by atoms with Gasteiger partial charge in [-0.3, -0.25) is 4.79 Å². The smallest absolute Gasteiger partial charge is 0.238 e. The van der Waals surface area contributed by atoms with Crippen LogP contribution in [0.2, 0.25) is 0 Å². The number of sulfonamides is 1. The molecule has 3 aromatic rings. The third-order valence-electron chi connectivity index (χ3n) is 4.97. The molecule has 154 valence electrons. The van der Waals surface area contributed by atoms with Crippen LogP contribution in [0, 0.1) is 0 Å². The standard InChI is InChI=1S/C22H26N2O4S/c1-3-4-8-21-19(18-7-5-6-9-20(18)28-21)15-24(2)22(25)14-16-10-12-17(13-11-16)29(23,26)27/h5-7,9-13H,3-4,8,14-15H2,1-2H3,(H2,23,26,27). The molecule has 0 spiro atoms. The molecule has 1 aromatic heterocycles. The number of hydrogen-bond donors (Lipinski definition) is 1. The molecule has 0 fully saturated rings. The fourth-order valence-electron chi connectivity index (χ4n) is 3.29. The topological polar surface area (TPSA) is 93.6 Å². The Bertz CT molecular complexity index is 1100. The van der Waals surface area contributed by atoms with Crippen LogP contribution in [-0.2, 0) is 34.2 Å². The number of primary sulfonamides is 1. The summed E-state index contributed by atoms with van der Waals surface area (Å²) in [5, 5.41) is 6.15. The number of para-hydroxylation sites is 1. The van der Waals surface area contributed by atoms with Crippen molar-refractivity contribution in [1.29, 1.82) is 0 Å². The highest BCUT2D eigenvalue weighted by Gasteiger charge is 2.18. The van der Waals surface area contributed by atoms with Gasteiger partial charge >= 0.3 is 0 Å². The van der Waals surface area contributed by atoms with E-state index in [1.807, 2.05) is 24.3 Å². The molecule has 0 bridgehead atoms. The van der Waals surface area contributed by atoms with E-state index in [0.717, 1.165) is 47.1 Å². The van der Waals surface area contributed by atoms with Crippen molar-refractivity contribution in [3.8, 4) is 0 Å². The number of furan rings is 1. The number of fused-ring (bicyclic) bond motifs is 1. The number of nitrogens with zero attached hydrogens (tertiary/aromatic N) is 1. The highest BCUT2D eigenvalue weighted by atomic mass is 32.2. The second kappa shape index (κ2) is 8.80. The molecule has 3 rings (SSSR count). The van der Waals surface area contributed by atoms with E-state index in [1.165, 1.54) is 12.1 Å². The molecule has 1 heterocycles. The van der Waals surface area contributed by atoms with Crippen LogP contribution in [-0.4, -0.2) is 26.3 Å². The number of benzene rings is 2. The molecule has 6 nitrogen and oxygen atoms in total. The summed E-state index contributed by atoms with van der Waals surface area (Å²) in [6.07, 6.45) is 3.12. The number of aryl methyl sites for hydroxylation is 1. The maximum Gasteiger partial charge on any atom is 0.238 e. The summed E-state index contributed by atoms with van der Waals surface area (Å²) in [6, 6.07) is 14.0. The van der Waals surface area contributed by atoms with Gasteiger partial charge in [0.05, 0.1) is 11.3 Å². The molecule has 0 saturated carbocycles. The van der Waals surface area contributed by atoms with E-state index in [9.17, 15) is 13.2 Å². The number of likely N-dealkylation sites (N-methyl/N-ethyl adjacent to an activating group) is 1. The molecular formula is C22H26N2O4S. The van der Waals surface area contributed by atoms with Gasteiger partial charge in [-0.1, -0.05) is 43.7 Å². The number of carbonyl (C=O) groups is 1. The van der Waals surface area contributed by atoms with E-state index in [0.29, 0.717) is 6.54 Å². The Morgan fingerprint density at radius 1 is 1.10 bits per heavy atom. The van der Waals surface area contributed by atoms with Gasteiger partial charge in [-0.2, -0.15) is 0 Å². The molecule has 1 amide bonds. The Morgan fingerprint density at radius 2 is 1.79 bits per heavy atom. The van der Waals surface area contributed by atoms with Crippen LogP contribution in [0.3, 0.4) is 0 Å². The van der Waals surface area contributed by atoms with Crippen LogP contribution in [0.25, 0.3) is 11.0 Å². The number of amides is 1. The second-order valence-corrected chi connectivity index (χ2v) is 8.78. The molecule has 29 heavy (non-hydrogen) atoms. The van der Waals surface area contributed by atoms with Gasteiger partial charge in [-0.05, 0) is 30.2 Å². The molecule has 7 heteroatoms. The van der Waals surface area contributed by atoms with E-state index in [2.05, 4.69) is 6.92 Å². The van der Waals surface area contributed by atoms with Crippen molar-refractivity contribution in [2.24, 2.45) is 5.14 Å². The predicted octanol–water partition coefficient (Wildman–Crippen LogP) is 3.62. The van der Waals surface area contributed by atoms with Gasteiger partial charge < -0.3 is 9.32 Å². The lowest BCUT2D eigenvalue weighted by Crippen LogP contribution is -2.28. The Balaban J connectivity index is 1.75. The van der Waals surface area contributed by atoms with Crippen LogP contribution in [0.1, 0.15) is 36.7 Å².